The maximum atomic E-state index is 12.2. The highest BCUT2D eigenvalue weighted by atomic mass is 35.5. The van der Waals surface area contributed by atoms with E-state index in [0.29, 0.717) is 21.7 Å². The van der Waals surface area contributed by atoms with Gasteiger partial charge in [-0.1, -0.05) is 35.3 Å². The van der Waals surface area contributed by atoms with Gasteiger partial charge >= 0.3 is 0 Å². The maximum Gasteiger partial charge on any atom is 0.251 e. The number of carbonyl (C=O) groups is 2. The fourth-order valence-electron chi connectivity index (χ4n) is 2.30. The van der Waals surface area contributed by atoms with E-state index in [0.717, 1.165) is 6.26 Å². The fraction of sp³-hybridized carbons (Fsp3) is 0.222. The van der Waals surface area contributed by atoms with Crippen LogP contribution >= 0.6 is 23.2 Å². The molecule has 0 spiro atoms. The van der Waals surface area contributed by atoms with Crippen molar-refractivity contribution in [1.29, 1.82) is 0 Å². The molecular weight excluding hydrogens is 411 g/mol. The minimum Gasteiger partial charge on any atom is -0.350 e. The molecule has 0 aliphatic rings. The lowest BCUT2D eigenvalue weighted by Crippen LogP contribution is -2.34. The third kappa shape index (κ3) is 6.86. The molecule has 2 aromatic rings. The Balaban J connectivity index is 1.84. The van der Waals surface area contributed by atoms with Gasteiger partial charge in [0.2, 0.25) is 0 Å². The van der Waals surface area contributed by atoms with Gasteiger partial charge in [0.25, 0.3) is 11.8 Å². The Morgan fingerprint density at radius 2 is 1.48 bits per heavy atom. The summed E-state index contributed by atoms with van der Waals surface area (Å²) in [6.07, 6.45) is 1.14. The van der Waals surface area contributed by atoms with E-state index in [4.69, 9.17) is 23.2 Å². The SMILES string of the molecule is CS(=O)(=O)Cc1cccc(C(=O)NCCNC(=O)c2ccc(Cl)c(Cl)c2)c1. The average molecular weight is 429 g/mol. The minimum absolute atomic E-state index is 0.131. The number of halogens is 2. The van der Waals surface area contributed by atoms with E-state index < -0.39 is 9.84 Å². The summed E-state index contributed by atoms with van der Waals surface area (Å²) in [6.45, 7) is 0.427. The molecule has 144 valence electrons. The molecule has 6 nitrogen and oxygen atoms in total. The monoisotopic (exact) mass is 428 g/mol. The second-order valence-electron chi connectivity index (χ2n) is 5.91. The molecule has 0 saturated heterocycles. The van der Waals surface area contributed by atoms with Crippen LogP contribution in [0.5, 0.6) is 0 Å². The topological polar surface area (TPSA) is 92.3 Å². The molecule has 0 aliphatic carbocycles. The van der Waals surface area contributed by atoms with Crippen LogP contribution in [0.4, 0.5) is 0 Å². The summed E-state index contributed by atoms with van der Waals surface area (Å²) in [6, 6.07) is 10.9. The summed E-state index contributed by atoms with van der Waals surface area (Å²) in [7, 11) is -3.18. The molecule has 0 radical (unpaired) electrons. The van der Waals surface area contributed by atoms with Crippen molar-refractivity contribution in [3.63, 3.8) is 0 Å². The predicted octanol–water partition coefficient (Wildman–Crippen LogP) is 2.70. The van der Waals surface area contributed by atoms with Gasteiger partial charge in [0.1, 0.15) is 0 Å². The van der Waals surface area contributed by atoms with Gasteiger partial charge in [0.05, 0.1) is 15.8 Å². The van der Waals surface area contributed by atoms with Crippen LogP contribution in [0.1, 0.15) is 26.3 Å². The van der Waals surface area contributed by atoms with Crippen LogP contribution in [0.25, 0.3) is 0 Å². The van der Waals surface area contributed by atoms with Crippen molar-refractivity contribution in [3.8, 4) is 0 Å². The largest absolute Gasteiger partial charge is 0.350 e. The molecule has 0 aromatic heterocycles. The zero-order chi connectivity index (χ0) is 20.0. The Bertz CT molecular complexity index is 962. The molecule has 0 atom stereocenters. The molecular formula is C18H18Cl2N2O4S. The number of benzene rings is 2. The van der Waals surface area contributed by atoms with Crippen LogP contribution < -0.4 is 10.6 Å². The molecule has 9 heteroatoms. The first-order valence-corrected chi connectivity index (χ1v) is 10.8. The summed E-state index contributed by atoms with van der Waals surface area (Å²) in [4.78, 5) is 24.2. The quantitative estimate of drug-likeness (QED) is 0.662. The molecule has 2 aromatic carbocycles. The molecule has 0 aliphatic heterocycles. The summed E-state index contributed by atoms with van der Waals surface area (Å²) in [5.41, 5.74) is 1.26. The highest BCUT2D eigenvalue weighted by molar-refractivity contribution is 7.89. The average Bonchev–Trinajstić information content (AvgIpc) is 2.59. The van der Waals surface area contributed by atoms with Crippen LogP contribution in [0.2, 0.25) is 10.0 Å². The zero-order valence-corrected chi connectivity index (χ0v) is 16.8. The molecule has 2 amide bonds. The summed E-state index contributed by atoms with van der Waals surface area (Å²) in [5, 5.41) is 5.97. The first-order chi connectivity index (χ1) is 12.7. The highest BCUT2D eigenvalue weighted by Crippen LogP contribution is 2.22. The molecule has 0 heterocycles. The summed E-state index contributed by atoms with van der Waals surface area (Å²) in [5.74, 6) is -0.819. The molecule has 0 saturated carbocycles. The van der Waals surface area contributed by atoms with Gasteiger partial charge in [0, 0.05) is 30.5 Å². The Labute approximate surface area is 167 Å². The van der Waals surface area contributed by atoms with Crippen molar-refractivity contribution < 1.29 is 18.0 Å². The number of hydrogen-bond donors (Lipinski definition) is 2. The smallest absolute Gasteiger partial charge is 0.251 e. The molecule has 0 fully saturated rings. The Morgan fingerprint density at radius 1 is 0.889 bits per heavy atom. The van der Waals surface area contributed by atoms with Crippen LogP contribution in [0, 0.1) is 0 Å². The number of hydrogen-bond acceptors (Lipinski definition) is 4. The van der Waals surface area contributed by atoms with Crippen molar-refractivity contribution in [2.75, 3.05) is 19.3 Å². The summed E-state index contributed by atoms with van der Waals surface area (Å²) < 4.78 is 22.7. The van der Waals surface area contributed by atoms with Crippen molar-refractivity contribution in [2.45, 2.75) is 5.75 Å². The lowest BCUT2D eigenvalue weighted by Gasteiger charge is -2.09. The van der Waals surface area contributed by atoms with Crippen LogP contribution in [-0.2, 0) is 15.6 Å². The van der Waals surface area contributed by atoms with Gasteiger partial charge in [-0.25, -0.2) is 8.42 Å². The number of nitrogens with one attached hydrogen (secondary N) is 2. The van der Waals surface area contributed by atoms with Crippen molar-refractivity contribution >= 4 is 44.9 Å². The van der Waals surface area contributed by atoms with E-state index in [1.807, 2.05) is 0 Å². The van der Waals surface area contributed by atoms with E-state index in [1.165, 1.54) is 18.2 Å². The van der Waals surface area contributed by atoms with Crippen molar-refractivity contribution in [1.82, 2.24) is 10.6 Å². The molecule has 0 unspecified atom stereocenters. The van der Waals surface area contributed by atoms with E-state index in [9.17, 15) is 18.0 Å². The van der Waals surface area contributed by atoms with Crippen LogP contribution in [0.15, 0.2) is 42.5 Å². The number of amides is 2. The van der Waals surface area contributed by atoms with E-state index in [-0.39, 0.29) is 35.7 Å². The fourth-order valence-corrected chi connectivity index (χ4v) is 3.38. The van der Waals surface area contributed by atoms with Gasteiger partial charge in [-0.05, 0) is 35.9 Å². The predicted molar refractivity (Wildman–Crippen MR) is 106 cm³/mol. The number of carbonyl (C=O) groups excluding carboxylic acids is 2. The van der Waals surface area contributed by atoms with Crippen molar-refractivity contribution in [2.24, 2.45) is 0 Å². The zero-order valence-electron chi connectivity index (χ0n) is 14.5. The van der Waals surface area contributed by atoms with E-state index in [2.05, 4.69) is 10.6 Å². The molecule has 0 bridgehead atoms. The Kier molecular flexibility index (Phi) is 7.24. The lowest BCUT2D eigenvalue weighted by molar-refractivity contribution is 0.0927. The molecule has 2 N–H and O–H groups in total. The van der Waals surface area contributed by atoms with Gasteiger partial charge in [-0.15, -0.1) is 0 Å². The van der Waals surface area contributed by atoms with Gasteiger partial charge in [-0.3, -0.25) is 9.59 Å². The summed E-state index contributed by atoms with van der Waals surface area (Å²) >= 11 is 11.7. The second-order valence-corrected chi connectivity index (χ2v) is 8.87. The van der Waals surface area contributed by atoms with Gasteiger partial charge in [0.15, 0.2) is 9.84 Å². The van der Waals surface area contributed by atoms with Gasteiger partial charge in [-0.2, -0.15) is 0 Å². The standard InChI is InChI=1S/C18H18Cl2N2O4S/c1-27(25,26)11-12-3-2-4-13(9-12)17(23)21-7-8-22-18(24)14-5-6-15(19)16(20)10-14/h2-6,9-10H,7-8,11H2,1H3,(H,21,23)(H,22,24). The maximum absolute atomic E-state index is 12.2. The first-order valence-electron chi connectivity index (χ1n) is 7.94. The van der Waals surface area contributed by atoms with Gasteiger partial charge < -0.3 is 10.6 Å². The van der Waals surface area contributed by atoms with Crippen LogP contribution in [-0.4, -0.2) is 39.6 Å². The normalized spacial score (nSPS) is 11.1. The number of rotatable bonds is 7. The third-order valence-electron chi connectivity index (χ3n) is 3.50. The van der Waals surface area contributed by atoms with E-state index in [1.54, 1.807) is 24.3 Å². The van der Waals surface area contributed by atoms with Crippen LogP contribution in [0.3, 0.4) is 0 Å². The molecule has 27 heavy (non-hydrogen) atoms. The van der Waals surface area contributed by atoms with E-state index >= 15 is 0 Å². The third-order valence-corrected chi connectivity index (χ3v) is 5.09. The Morgan fingerprint density at radius 3 is 2.04 bits per heavy atom. The minimum atomic E-state index is -3.18. The van der Waals surface area contributed by atoms with Crippen molar-refractivity contribution in [3.05, 3.63) is 69.2 Å². The highest BCUT2D eigenvalue weighted by Gasteiger charge is 2.10. The second kappa shape index (κ2) is 9.21. The first kappa shape index (κ1) is 21.2. The molecule has 2 rings (SSSR count). The lowest BCUT2D eigenvalue weighted by atomic mass is 10.1. The Hall–Kier alpha value is -2.09. The number of sulfone groups is 1.